The first-order valence-corrected chi connectivity index (χ1v) is 11.5. The molecule has 0 N–H and O–H groups in total. The number of aromatic nitrogens is 3. The van der Waals surface area contributed by atoms with Crippen LogP contribution in [-0.4, -0.2) is 27.6 Å². The summed E-state index contributed by atoms with van der Waals surface area (Å²) >= 11 is 0. The van der Waals surface area contributed by atoms with Crippen LogP contribution in [0.4, 0.5) is 5.69 Å². The van der Waals surface area contributed by atoms with Crippen molar-refractivity contribution in [1.29, 1.82) is 5.26 Å². The fourth-order valence-corrected chi connectivity index (χ4v) is 4.79. The molecule has 0 radical (unpaired) electrons. The average Bonchev–Trinajstić information content (AvgIpc) is 3.64. The van der Waals surface area contributed by atoms with E-state index < -0.39 is 0 Å². The molecule has 2 fully saturated rings. The second-order valence-electron chi connectivity index (χ2n) is 8.88. The number of fused-ring (bicyclic) bond motifs is 1. The first-order chi connectivity index (χ1) is 15.8. The third-order valence-electron chi connectivity index (χ3n) is 6.69. The normalized spacial score (nSPS) is 16.3. The van der Waals surface area contributed by atoms with Crippen molar-refractivity contribution >= 4 is 16.9 Å². The maximum Gasteiger partial charge on any atom is 0.167 e. The van der Waals surface area contributed by atoms with Crippen LogP contribution in [0.1, 0.15) is 49.1 Å². The minimum atomic E-state index is 0.650. The zero-order valence-electron chi connectivity index (χ0n) is 18.0. The third-order valence-corrected chi connectivity index (χ3v) is 6.69. The van der Waals surface area contributed by atoms with Gasteiger partial charge in [-0.1, -0.05) is 12.1 Å². The number of hydrogen-bond acceptors (Lipinski definition) is 4. The van der Waals surface area contributed by atoms with Crippen LogP contribution < -0.4 is 4.90 Å². The Morgan fingerprint density at radius 3 is 2.31 bits per heavy atom. The molecule has 0 bridgehead atoms. The summed E-state index contributed by atoms with van der Waals surface area (Å²) in [6, 6.07) is 20.9. The molecule has 2 aliphatic rings. The minimum Gasteiger partial charge on any atom is -0.370 e. The van der Waals surface area contributed by atoms with Crippen molar-refractivity contribution in [1.82, 2.24) is 14.5 Å². The number of pyridine rings is 1. The van der Waals surface area contributed by atoms with Gasteiger partial charge in [0.1, 0.15) is 11.3 Å². The van der Waals surface area contributed by atoms with Gasteiger partial charge in [0.15, 0.2) is 5.65 Å². The Kier molecular flexibility index (Phi) is 4.65. The summed E-state index contributed by atoms with van der Waals surface area (Å²) < 4.78 is 2.17. The predicted molar refractivity (Wildman–Crippen MR) is 127 cm³/mol. The molecule has 5 nitrogen and oxygen atoms in total. The van der Waals surface area contributed by atoms with Gasteiger partial charge in [-0.3, -0.25) is 4.57 Å². The molecule has 4 aromatic rings. The second-order valence-corrected chi connectivity index (χ2v) is 8.88. The highest BCUT2D eigenvalue weighted by molar-refractivity contribution is 5.90. The van der Waals surface area contributed by atoms with Gasteiger partial charge in [0.2, 0.25) is 0 Å². The van der Waals surface area contributed by atoms with E-state index in [0.717, 1.165) is 52.9 Å². The highest BCUT2D eigenvalue weighted by atomic mass is 15.2. The molecule has 158 valence electrons. The molecule has 2 aromatic carbocycles. The van der Waals surface area contributed by atoms with Crippen LogP contribution in [-0.2, 0) is 0 Å². The fourth-order valence-electron chi connectivity index (χ4n) is 4.79. The lowest BCUT2D eigenvalue weighted by atomic mass is 10.1. The molecule has 0 atom stereocenters. The SMILES string of the molecule is N#Cc1ccc(-c2nc3c(N4CCCCC4)ccnc3n2-c2ccc(C3CC3)cc2)cc1. The van der Waals surface area contributed by atoms with Gasteiger partial charge in [0.05, 0.1) is 17.3 Å². The van der Waals surface area contributed by atoms with E-state index in [9.17, 15) is 5.26 Å². The molecule has 32 heavy (non-hydrogen) atoms. The Hall–Kier alpha value is -3.65. The van der Waals surface area contributed by atoms with Crippen molar-refractivity contribution < 1.29 is 0 Å². The average molecular weight is 420 g/mol. The highest BCUT2D eigenvalue weighted by Crippen LogP contribution is 2.40. The lowest BCUT2D eigenvalue weighted by molar-refractivity contribution is 0.578. The zero-order valence-corrected chi connectivity index (χ0v) is 18.0. The molecule has 6 rings (SSSR count). The Morgan fingerprint density at radius 1 is 0.875 bits per heavy atom. The smallest absolute Gasteiger partial charge is 0.167 e. The van der Waals surface area contributed by atoms with E-state index in [1.165, 1.54) is 37.7 Å². The van der Waals surface area contributed by atoms with E-state index in [1.54, 1.807) is 0 Å². The third kappa shape index (κ3) is 3.33. The van der Waals surface area contributed by atoms with Crippen LogP contribution in [0.25, 0.3) is 28.2 Å². The molecule has 0 spiro atoms. The van der Waals surface area contributed by atoms with Gasteiger partial charge in [-0.2, -0.15) is 5.26 Å². The summed E-state index contributed by atoms with van der Waals surface area (Å²) in [4.78, 5) is 12.4. The zero-order chi connectivity index (χ0) is 21.5. The van der Waals surface area contributed by atoms with Crippen molar-refractivity contribution in [2.45, 2.75) is 38.0 Å². The van der Waals surface area contributed by atoms with E-state index in [-0.39, 0.29) is 0 Å². The van der Waals surface area contributed by atoms with Crippen molar-refractivity contribution in [2.24, 2.45) is 0 Å². The van der Waals surface area contributed by atoms with Gasteiger partial charge in [0.25, 0.3) is 0 Å². The highest BCUT2D eigenvalue weighted by Gasteiger charge is 2.24. The van der Waals surface area contributed by atoms with Gasteiger partial charge < -0.3 is 4.90 Å². The minimum absolute atomic E-state index is 0.650. The van der Waals surface area contributed by atoms with Crippen LogP contribution in [0.5, 0.6) is 0 Å². The summed E-state index contributed by atoms with van der Waals surface area (Å²) in [6.07, 6.45) is 8.23. The molecule has 3 heterocycles. The Morgan fingerprint density at radius 2 is 1.62 bits per heavy atom. The van der Waals surface area contributed by atoms with Crippen LogP contribution in [0.15, 0.2) is 60.8 Å². The van der Waals surface area contributed by atoms with Crippen LogP contribution >= 0.6 is 0 Å². The van der Waals surface area contributed by atoms with Gasteiger partial charge in [-0.25, -0.2) is 9.97 Å². The van der Waals surface area contributed by atoms with E-state index >= 15 is 0 Å². The molecule has 0 unspecified atom stereocenters. The molecular weight excluding hydrogens is 394 g/mol. The van der Waals surface area contributed by atoms with Crippen LogP contribution in [0.2, 0.25) is 0 Å². The van der Waals surface area contributed by atoms with E-state index in [2.05, 4.69) is 45.9 Å². The van der Waals surface area contributed by atoms with Gasteiger partial charge in [-0.15, -0.1) is 0 Å². The largest absolute Gasteiger partial charge is 0.370 e. The Bertz CT molecular complexity index is 1300. The van der Waals surface area contributed by atoms with Crippen molar-refractivity contribution in [3.05, 3.63) is 71.9 Å². The monoisotopic (exact) mass is 419 g/mol. The topological polar surface area (TPSA) is 57.7 Å². The molecular formula is C27H25N5. The number of anilines is 1. The number of rotatable bonds is 4. The van der Waals surface area contributed by atoms with Gasteiger partial charge in [0, 0.05) is 30.5 Å². The van der Waals surface area contributed by atoms with Gasteiger partial charge in [-0.05, 0) is 86.1 Å². The second kappa shape index (κ2) is 7.80. The van der Waals surface area contributed by atoms with Crippen molar-refractivity contribution in [3.63, 3.8) is 0 Å². The standard InChI is InChI=1S/C27H25N5/c28-18-19-4-6-22(7-5-19)26-30-25-24(31-16-2-1-3-17-31)14-15-29-27(25)32(26)23-12-10-21(11-13-23)20-8-9-20/h4-7,10-15,20H,1-3,8-9,16-17H2. The molecule has 2 aromatic heterocycles. The number of hydrogen-bond donors (Lipinski definition) is 0. The Balaban J connectivity index is 1.54. The van der Waals surface area contributed by atoms with Gasteiger partial charge >= 0.3 is 0 Å². The number of benzene rings is 2. The number of imidazole rings is 1. The lowest BCUT2D eigenvalue weighted by Gasteiger charge is -2.28. The van der Waals surface area contributed by atoms with E-state index in [1.807, 2.05) is 30.5 Å². The maximum atomic E-state index is 9.22. The number of nitrogens with zero attached hydrogens (tertiary/aromatic N) is 5. The summed E-state index contributed by atoms with van der Waals surface area (Å²) in [5.41, 5.74) is 7.11. The van der Waals surface area contributed by atoms with Crippen LogP contribution in [0.3, 0.4) is 0 Å². The quantitative estimate of drug-likeness (QED) is 0.418. The molecule has 1 aliphatic carbocycles. The summed E-state index contributed by atoms with van der Waals surface area (Å²) in [5.74, 6) is 1.59. The molecule has 0 amide bonds. The molecule has 5 heteroatoms. The molecule has 1 saturated carbocycles. The summed E-state index contributed by atoms with van der Waals surface area (Å²) in [7, 11) is 0. The summed E-state index contributed by atoms with van der Waals surface area (Å²) in [5, 5.41) is 9.22. The number of nitriles is 1. The Labute approximate surface area is 188 Å². The first-order valence-electron chi connectivity index (χ1n) is 11.5. The van der Waals surface area contributed by atoms with Crippen molar-refractivity contribution in [2.75, 3.05) is 18.0 Å². The van der Waals surface area contributed by atoms with E-state index in [4.69, 9.17) is 9.97 Å². The van der Waals surface area contributed by atoms with Crippen LogP contribution in [0, 0.1) is 11.3 Å². The predicted octanol–water partition coefficient (Wildman–Crippen LogP) is 5.83. The molecule has 1 saturated heterocycles. The maximum absolute atomic E-state index is 9.22. The molecule has 1 aliphatic heterocycles. The lowest BCUT2D eigenvalue weighted by Crippen LogP contribution is -2.29. The van der Waals surface area contributed by atoms with Crippen molar-refractivity contribution in [3.8, 4) is 23.1 Å². The first kappa shape index (κ1) is 19.1. The van der Waals surface area contributed by atoms with E-state index in [0.29, 0.717) is 5.56 Å². The number of piperidine rings is 1. The fraction of sp³-hybridized carbons (Fsp3) is 0.296. The summed E-state index contributed by atoms with van der Waals surface area (Å²) in [6.45, 7) is 2.13.